The lowest BCUT2D eigenvalue weighted by Gasteiger charge is -2.08. The third-order valence-corrected chi connectivity index (χ3v) is 3.27. The minimum Gasteiger partial charge on any atom is -0.348 e. The van der Waals surface area contributed by atoms with Crippen molar-refractivity contribution in [1.82, 2.24) is 4.98 Å². The van der Waals surface area contributed by atoms with E-state index in [4.69, 9.17) is 12.2 Å². The van der Waals surface area contributed by atoms with Crippen molar-refractivity contribution in [2.45, 2.75) is 12.8 Å². The Morgan fingerprint density at radius 3 is 2.88 bits per heavy atom. The van der Waals surface area contributed by atoms with Gasteiger partial charge < -0.3 is 5.32 Å². The Labute approximate surface area is 99.7 Å². The normalized spacial score (nSPS) is 15.0. The highest BCUT2D eigenvalue weighted by molar-refractivity contribution is 7.80. The smallest absolute Gasteiger partial charge is 0.0936 e. The Morgan fingerprint density at radius 2 is 2.06 bits per heavy atom. The van der Waals surface area contributed by atoms with Crippen LogP contribution in [0.1, 0.15) is 12.8 Å². The number of hydrogen-bond donors (Lipinski definition) is 1. The molecule has 0 saturated heterocycles. The van der Waals surface area contributed by atoms with Crippen molar-refractivity contribution in [2.24, 2.45) is 5.92 Å². The van der Waals surface area contributed by atoms with E-state index in [0.717, 1.165) is 21.6 Å². The van der Waals surface area contributed by atoms with Gasteiger partial charge in [-0.1, -0.05) is 30.4 Å². The summed E-state index contributed by atoms with van der Waals surface area (Å²) < 4.78 is 0. The molecule has 1 aliphatic carbocycles. The number of anilines is 1. The van der Waals surface area contributed by atoms with Crippen LogP contribution in [0.15, 0.2) is 36.5 Å². The summed E-state index contributed by atoms with van der Waals surface area (Å²) in [5.74, 6) is 0.592. The van der Waals surface area contributed by atoms with E-state index in [1.54, 1.807) is 0 Å². The van der Waals surface area contributed by atoms with Gasteiger partial charge in [-0.05, 0) is 25.0 Å². The van der Waals surface area contributed by atoms with Gasteiger partial charge >= 0.3 is 0 Å². The summed E-state index contributed by atoms with van der Waals surface area (Å²) in [4.78, 5) is 5.35. The Balaban J connectivity index is 1.99. The fourth-order valence-corrected chi connectivity index (χ4v) is 2.13. The van der Waals surface area contributed by atoms with Gasteiger partial charge in [0.05, 0.1) is 16.2 Å². The third-order valence-electron chi connectivity index (χ3n) is 2.84. The van der Waals surface area contributed by atoms with Crippen LogP contribution < -0.4 is 5.32 Å². The standard InChI is InChI=1S/C13H12N2S/c16-13(10-6-7-10)15-11-5-1-3-9-4-2-8-14-12(9)11/h1-5,8,10H,6-7H2,(H,15,16). The van der Waals surface area contributed by atoms with Gasteiger partial charge in [0.2, 0.25) is 0 Å². The summed E-state index contributed by atoms with van der Waals surface area (Å²) >= 11 is 5.35. The molecule has 3 rings (SSSR count). The zero-order valence-electron chi connectivity index (χ0n) is 8.81. The second-order valence-corrected chi connectivity index (χ2v) is 4.58. The maximum Gasteiger partial charge on any atom is 0.0936 e. The van der Waals surface area contributed by atoms with E-state index in [-0.39, 0.29) is 0 Å². The third kappa shape index (κ3) is 1.78. The highest BCUT2D eigenvalue weighted by atomic mass is 32.1. The average Bonchev–Trinajstić information content (AvgIpc) is 3.13. The summed E-state index contributed by atoms with van der Waals surface area (Å²) in [5, 5.41) is 4.46. The van der Waals surface area contributed by atoms with Gasteiger partial charge in [0.1, 0.15) is 0 Å². The number of thiocarbonyl (C=S) groups is 1. The second kappa shape index (κ2) is 3.83. The first-order valence-electron chi connectivity index (χ1n) is 5.49. The predicted octanol–water partition coefficient (Wildman–Crippen LogP) is 3.38. The lowest BCUT2D eigenvalue weighted by atomic mass is 10.2. The lowest BCUT2D eigenvalue weighted by molar-refractivity contribution is 1.22. The Morgan fingerprint density at radius 1 is 1.25 bits per heavy atom. The number of benzene rings is 1. The molecule has 0 aliphatic heterocycles. The SMILES string of the molecule is S=C(Nc1cccc2cccnc12)C1CC1. The zero-order valence-corrected chi connectivity index (χ0v) is 9.63. The molecule has 0 spiro atoms. The van der Waals surface area contributed by atoms with E-state index >= 15 is 0 Å². The molecule has 1 aliphatic rings. The van der Waals surface area contributed by atoms with E-state index in [1.807, 2.05) is 24.4 Å². The quantitative estimate of drug-likeness (QED) is 0.798. The van der Waals surface area contributed by atoms with Crippen molar-refractivity contribution in [3.8, 4) is 0 Å². The first kappa shape index (κ1) is 9.73. The number of fused-ring (bicyclic) bond motifs is 1. The van der Waals surface area contributed by atoms with Crippen LogP contribution in [0.3, 0.4) is 0 Å². The van der Waals surface area contributed by atoms with Gasteiger partial charge in [-0.2, -0.15) is 0 Å². The van der Waals surface area contributed by atoms with Gasteiger partial charge in [-0.25, -0.2) is 0 Å². The molecule has 80 valence electrons. The van der Waals surface area contributed by atoms with Gasteiger partial charge in [0.25, 0.3) is 0 Å². The van der Waals surface area contributed by atoms with Crippen molar-refractivity contribution >= 4 is 33.8 Å². The summed E-state index contributed by atoms with van der Waals surface area (Å²) in [7, 11) is 0. The largest absolute Gasteiger partial charge is 0.348 e. The van der Waals surface area contributed by atoms with Crippen molar-refractivity contribution in [1.29, 1.82) is 0 Å². The van der Waals surface area contributed by atoms with Crippen LogP contribution >= 0.6 is 12.2 Å². The molecule has 3 heteroatoms. The molecule has 16 heavy (non-hydrogen) atoms. The minimum absolute atomic E-state index is 0.592. The van der Waals surface area contributed by atoms with Crippen molar-refractivity contribution < 1.29 is 0 Å². The fourth-order valence-electron chi connectivity index (χ4n) is 1.79. The molecule has 1 aromatic heterocycles. The number of pyridine rings is 1. The maximum absolute atomic E-state index is 5.35. The molecule has 2 aromatic rings. The van der Waals surface area contributed by atoms with E-state index in [9.17, 15) is 0 Å². The van der Waals surface area contributed by atoms with E-state index < -0.39 is 0 Å². The van der Waals surface area contributed by atoms with Gasteiger partial charge in [0, 0.05) is 17.5 Å². The van der Waals surface area contributed by atoms with Crippen LogP contribution in [0.2, 0.25) is 0 Å². The lowest BCUT2D eigenvalue weighted by Crippen LogP contribution is -2.11. The highest BCUT2D eigenvalue weighted by Crippen LogP contribution is 2.32. The Kier molecular flexibility index (Phi) is 2.33. The molecule has 0 bridgehead atoms. The highest BCUT2D eigenvalue weighted by Gasteiger charge is 2.26. The monoisotopic (exact) mass is 228 g/mol. The molecule has 0 amide bonds. The fraction of sp³-hybridized carbons (Fsp3) is 0.231. The number of aromatic nitrogens is 1. The van der Waals surface area contributed by atoms with E-state index in [2.05, 4.69) is 22.4 Å². The summed E-state index contributed by atoms with van der Waals surface area (Å²) in [6, 6.07) is 10.1. The van der Waals surface area contributed by atoms with Gasteiger partial charge in [-0.15, -0.1) is 0 Å². The predicted molar refractivity (Wildman–Crippen MR) is 70.7 cm³/mol. The Bertz CT molecular complexity index is 541. The van der Waals surface area contributed by atoms with Crippen molar-refractivity contribution in [3.63, 3.8) is 0 Å². The van der Waals surface area contributed by atoms with Crippen LogP contribution in [0, 0.1) is 5.92 Å². The van der Waals surface area contributed by atoms with Crippen LogP contribution in [-0.4, -0.2) is 9.97 Å². The average molecular weight is 228 g/mol. The van der Waals surface area contributed by atoms with E-state index in [1.165, 1.54) is 12.8 Å². The first-order chi connectivity index (χ1) is 7.84. The summed E-state index contributed by atoms with van der Waals surface area (Å²) in [5.41, 5.74) is 2.02. The van der Waals surface area contributed by atoms with Gasteiger partial charge in [0.15, 0.2) is 0 Å². The Hall–Kier alpha value is -1.48. The van der Waals surface area contributed by atoms with E-state index in [0.29, 0.717) is 5.92 Å². The molecule has 1 heterocycles. The molecular formula is C13H12N2S. The molecule has 2 nitrogen and oxygen atoms in total. The second-order valence-electron chi connectivity index (χ2n) is 4.14. The molecule has 0 radical (unpaired) electrons. The van der Waals surface area contributed by atoms with Crippen LogP contribution in [-0.2, 0) is 0 Å². The number of nitrogens with zero attached hydrogens (tertiary/aromatic N) is 1. The summed E-state index contributed by atoms with van der Waals surface area (Å²) in [6.07, 6.45) is 4.27. The van der Waals surface area contributed by atoms with Crippen molar-refractivity contribution in [3.05, 3.63) is 36.5 Å². The molecule has 1 fully saturated rings. The molecule has 0 unspecified atom stereocenters. The van der Waals surface area contributed by atoms with Crippen molar-refractivity contribution in [2.75, 3.05) is 5.32 Å². The summed E-state index contributed by atoms with van der Waals surface area (Å²) in [6.45, 7) is 0. The first-order valence-corrected chi connectivity index (χ1v) is 5.90. The van der Waals surface area contributed by atoms with Crippen LogP contribution in [0.4, 0.5) is 5.69 Å². The molecule has 1 saturated carbocycles. The number of nitrogens with one attached hydrogen (secondary N) is 1. The topological polar surface area (TPSA) is 24.9 Å². The molecule has 1 N–H and O–H groups in total. The number of hydrogen-bond acceptors (Lipinski definition) is 2. The van der Waals surface area contributed by atoms with Gasteiger partial charge in [-0.3, -0.25) is 4.98 Å². The molecular weight excluding hydrogens is 216 g/mol. The van der Waals surface area contributed by atoms with Crippen LogP contribution in [0.25, 0.3) is 10.9 Å². The van der Waals surface area contributed by atoms with Crippen LogP contribution in [0.5, 0.6) is 0 Å². The molecule has 1 aromatic carbocycles. The number of para-hydroxylation sites is 1. The zero-order chi connectivity index (χ0) is 11.0. The minimum atomic E-state index is 0.592. The molecule has 0 atom stereocenters. The maximum atomic E-state index is 5.35. The number of rotatable bonds is 2.